The normalized spacial score (nSPS) is 10.4. The Balaban J connectivity index is 2.63. The summed E-state index contributed by atoms with van der Waals surface area (Å²) in [5.41, 5.74) is 7.80. The number of nitrogens with one attached hydrogen (secondary N) is 1. The first-order valence-electron chi connectivity index (χ1n) is 4.69. The molecule has 0 saturated carbocycles. The molecule has 0 atom stereocenters. The topological polar surface area (TPSA) is 50.9 Å². The minimum Gasteiger partial charge on any atom is -0.397 e. The van der Waals surface area contributed by atoms with Gasteiger partial charge in [-0.25, -0.2) is 0 Å². The molecule has 3 nitrogen and oxygen atoms in total. The molecule has 0 aliphatic rings. The summed E-state index contributed by atoms with van der Waals surface area (Å²) in [6.45, 7) is 2.93. The van der Waals surface area contributed by atoms with Gasteiger partial charge in [-0.05, 0) is 19.1 Å². The number of rotatable bonds is 2. The Morgan fingerprint density at radius 1 is 1.36 bits per heavy atom. The van der Waals surface area contributed by atoms with E-state index in [1.54, 1.807) is 6.20 Å². The van der Waals surface area contributed by atoms with Gasteiger partial charge in [0, 0.05) is 29.7 Å². The highest BCUT2D eigenvalue weighted by molar-refractivity contribution is 5.98. The molecule has 1 aromatic carbocycles. The van der Waals surface area contributed by atoms with E-state index in [2.05, 4.69) is 17.2 Å². The van der Waals surface area contributed by atoms with Gasteiger partial charge in [0.1, 0.15) is 0 Å². The van der Waals surface area contributed by atoms with Crippen molar-refractivity contribution in [2.24, 2.45) is 0 Å². The van der Waals surface area contributed by atoms with Crippen LogP contribution >= 0.6 is 0 Å². The highest BCUT2D eigenvalue weighted by atomic mass is 14.9. The summed E-state index contributed by atoms with van der Waals surface area (Å²) in [5, 5.41) is 5.35. The van der Waals surface area contributed by atoms with Gasteiger partial charge in [-0.2, -0.15) is 0 Å². The maximum Gasteiger partial charge on any atom is 0.0630 e. The lowest BCUT2D eigenvalue weighted by Crippen LogP contribution is -2.01. The Morgan fingerprint density at radius 3 is 3.00 bits per heavy atom. The first kappa shape index (κ1) is 8.81. The van der Waals surface area contributed by atoms with Crippen molar-refractivity contribution in [2.75, 3.05) is 17.6 Å². The second-order valence-electron chi connectivity index (χ2n) is 3.15. The Labute approximate surface area is 83.0 Å². The molecule has 3 N–H and O–H groups in total. The van der Waals surface area contributed by atoms with Crippen LogP contribution in [0.5, 0.6) is 0 Å². The predicted molar refractivity (Wildman–Crippen MR) is 60.3 cm³/mol. The summed E-state index contributed by atoms with van der Waals surface area (Å²) in [7, 11) is 0. The van der Waals surface area contributed by atoms with Crippen LogP contribution in [0.25, 0.3) is 10.8 Å². The third-order valence-corrected chi connectivity index (χ3v) is 2.23. The van der Waals surface area contributed by atoms with E-state index < -0.39 is 0 Å². The lowest BCUT2D eigenvalue weighted by Gasteiger charge is -2.09. The number of hydrogen-bond acceptors (Lipinski definition) is 3. The van der Waals surface area contributed by atoms with Gasteiger partial charge >= 0.3 is 0 Å². The maximum atomic E-state index is 6.01. The fourth-order valence-electron chi connectivity index (χ4n) is 1.54. The van der Waals surface area contributed by atoms with Gasteiger partial charge in [0.05, 0.1) is 11.4 Å². The number of aromatic nitrogens is 1. The molecule has 0 unspecified atom stereocenters. The number of nitrogen functional groups attached to an aromatic ring is 1. The second kappa shape index (κ2) is 3.54. The fraction of sp³-hybridized carbons (Fsp3) is 0.182. The first-order valence-corrected chi connectivity index (χ1v) is 4.69. The van der Waals surface area contributed by atoms with E-state index >= 15 is 0 Å². The van der Waals surface area contributed by atoms with Gasteiger partial charge in [-0.3, -0.25) is 4.98 Å². The van der Waals surface area contributed by atoms with Crippen molar-refractivity contribution in [3.8, 4) is 0 Å². The molecule has 14 heavy (non-hydrogen) atoms. The molecule has 3 heteroatoms. The van der Waals surface area contributed by atoms with Crippen LogP contribution in [0, 0.1) is 0 Å². The molecular weight excluding hydrogens is 174 g/mol. The van der Waals surface area contributed by atoms with Gasteiger partial charge in [0.15, 0.2) is 0 Å². The smallest absolute Gasteiger partial charge is 0.0630 e. The minimum absolute atomic E-state index is 0.798. The van der Waals surface area contributed by atoms with Crippen molar-refractivity contribution < 1.29 is 0 Å². The predicted octanol–water partition coefficient (Wildman–Crippen LogP) is 2.25. The molecule has 1 aromatic heterocycles. The molecule has 0 aliphatic carbocycles. The third kappa shape index (κ3) is 1.37. The average molecular weight is 187 g/mol. The number of hydrogen-bond donors (Lipinski definition) is 2. The molecule has 2 aromatic rings. The van der Waals surface area contributed by atoms with Gasteiger partial charge in [-0.1, -0.05) is 6.07 Å². The molecular formula is C11H13N3. The summed E-state index contributed by atoms with van der Waals surface area (Å²) >= 11 is 0. The van der Waals surface area contributed by atoms with Crippen molar-refractivity contribution in [1.29, 1.82) is 0 Å². The standard InChI is InChI=1S/C11H13N3/c1-2-14-10-4-3-8-7-13-6-5-9(8)11(10)12/h3-7,14H,2,12H2,1H3. The van der Waals surface area contributed by atoms with E-state index in [4.69, 9.17) is 5.73 Å². The summed E-state index contributed by atoms with van der Waals surface area (Å²) in [4.78, 5) is 4.05. The number of nitrogens with two attached hydrogens (primary N) is 1. The molecule has 0 amide bonds. The quantitative estimate of drug-likeness (QED) is 0.709. The van der Waals surface area contributed by atoms with Crippen LogP contribution in [0.15, 0.2) is 30.6 Å². The molecule has 0 saturated heterocycles. The first-order chi connectivity index (χ1) is 6.83. The Morgan fingerprint density at radius 2 is 2.21 bits per heavy atom. The van der Waals surface area contributed by atoms with Crippen molar-refractivity contribution in [3.05, 3.63) is 30.6 Å². The second-order valence-corrected chi connectivity index (χ2v) is 3.15. The van der Waals surface area contributed by atoms with Crippen LogP contribution in [0.2, 0.25) is 0 Å². The molecule has 1 heterocycles. The number of nitrogens with zero attached hydrogens (tertiary/aromatic N) is 1. The summed E-state index contributed by atoms with van der Waals surface area (Å²) in [6, 6.07) is 5.95. The lowest BCUT2D eigenvalue weighted by atomic mass is 10.1. The SMILES string of the molecule is CCNc1ccc2cnccc2c1N. The molecule has 0 spiro atoms. The molecule has 2 rings (SSSR count). The number of benzene rings is 1. The molecule has 0 radical (unpaired) electrons. The Hall–Kier alpha value is -1.77. The summed E-state index contributed by atoms with van der Waals surface area (Å²) < 4.78 is 0. The number of anilines is 2. The highest BCUT2D eigenvalue weighted by Crippen LogP contribution is 2.27. The van der Waals surface area contributed by atoms with Gasteiger partial charge < -0.3 is 11.1 Å². The van der Waals surface area contributed by atoms with Crippen LogP contribution in [0.1, 0.15) is 6.92 Å². The van der Waals surface area contributed by atoms with E-state index in [9.17, 15) is 0 Å². The van der Waals surface area contributed by atoms with Crippen molar-refractivity contribution in [2.45, 2.75) is 6.92 Å². The highest BCUT2D eigenvalue weighted by Gasteiger charge is 2.02. The molecule has 0 fully saturated rings. The zero-order valence-corrected chi connectivity index (χ0v) is 8.12. The summed E-state index contributed by atoms with van der Waals surface area (Å²) in [5.74, 6) is 0. The number of fused-ring (bicyclic) bond motifs is 1. The van der Waals surface area contributed by atoms with Gasteiger partial charge in [0.2, 0.25) is 0 Å². The van der Waals surface area contributed by atoms with E-state index in [1.165, 1.54) is 0 Å². The van der Waals surface area contributed by atoms with E-state index in [0.717, 1.165) is 28.7 Å². The van der Waals surface area contributed by atoms with Gasteiger partial charge in [-0.15, -0.1) is 0 Å². The average Bonchev–Trinajstić information content (AvgIpc) is 2.23. The van der Waals surface area contributed by atoms with Crippen LogP contribution in [-0.2, 0) is 0 Å². The third-order valence-electron chi connectivity index (χ3n) is 2.23. The lowest BCUT2D eigenvalue weighted by molar-refractivity contribution is 1.22. The minimum atomic E-state index is 0.798. The van der Waals surface area contributed by atoms with Crippen LogP contribution in [-0.4, -0.2) is 11.5 Å². The van der Waals surface area contributed by atoms with E-state index in [1.807, 2.05) is 24.4 Å². The van der Waals surface area contributed by atoms with Crippen LogP contribution in [0.4, 0.5) is 11.4 Å². The Kier molecular flexibility index (Phi) is 2.23. The Bertz CT molecular complexity index is 451. The molecule has 0 aliphatic heterocycles. The fourth-order valence-corrected chi connectivity index (χ4v) is 1.54. The largest absolute Gasteiger partial charge is 0.397 e. The van der Waals surface area contributed by atoms with Crippen molar-refractivity contribution >= 4 is 22.1 Å². The van der Waals surface area contributed by atoms with Crippen LogP contribution in [0.3, 0.4) is 0 Å². The number of pyridine rings is 1. The van der Waals surface area contributed by atoms with E-state index in [-0.39, 0.29) is 0 Å². The zero-order valence-electron chi connectivity index (χ0n) is 8.12. The maximum absolute atomic E-state index is 6.01. The monoisotopic (exact) mass is 187 g/mol. The zero-order chi connectivity index (χ0) is 9.97. The van der Waals surface area contributed by atoms with Crippen LogP contribution < -0.4 is 11.1 Å². The van der Waals surface area contributed by atoms with Crippen molar-refractivity contribution in [1.82, 2.24) is 4.98 Å². The van der Waals surface area contributed by atoms with Gasteiger partial charge in [0.25, 0.3) is 0 Å². The molecule has 72 valence electrons. The molecule has 0 bridgehead atoms. The van der Waals surface area contributed by atoms with E-state index in [0.29, 0.717) is 0 Å². The van der Waals surface area contributed by atoms with Crippen molar-refractivity contribution in [3.63, 3.8) is 0 Å². The summed E-state index contributed by atoms with van der Waals surface area (Å²) in [6.07, 6.45) is 3.58.